The Bertz CT molecular complexity index is 676. The van der Waals surface area contributed by atoms with E-state index in [-0.39, 0.29) is 11.6 Å². The van der Waals surface area contributed by atoms with E-state index in [1.165, 1.54) is 23.4 Å². The van der Waals surface area contributed by atoms with Crippen LogP contribution in [0.1, 0.15) is 11.6 Å². The molecule has 1 heterocycles. The number of aromatic nitrogens is 1. The maximum Gasteiger partial charge on any atom is 0.286 e. The Morgan fingerprint density at radius 1 is 1.27 bits per heavy atom. The van der Waals surface area contributed by atoms with E-state index in [2.05, 4.69) is 0 Å². The quantitative estimate of drug-likeness (QED) is 0.626. The fourth-order valence-corrected chi connectivity index (χ4v) is 2.14. The summed E-state index contributed by atoms with van der Waals surface area (Å²) in [6.07, 6.45) is 2.89. The highest BCUT2D eigenvalue weighted by Gasteiger charge is 2.25. The summed E-state index contributed by atoms with van der Waals surface area (Å²) in [5.74, 6) is 0.508. The zero-order valence-electron chi connectivity index (χ0n) is 12.6. The number of ether oxygens (including phenoxy) is 1. The number of hydrogen-bond donors (Lipinski definition) is 0. The van der Waals surface area contributed by atoms with Gasteiger partial charge in [-0.15, -0.1) is 0 Å². The average Bonchev–Trinajstić information content (AvgIpc) is 2.98. The molecule has 1 atom stereocenters. The first-order chi connectivity index (χ1) is 10.4. The fourth-order valence-electron chi connectivity index (χ4n) is 2.14. The molecule has 1 aromatic carbocycles. The molecule has 7 heteroatoms. The number of nitro groups is 1. The van der Waals surface area contributed by atoms with E-state index >= 15 is 0 Å². The molecule has 0 N–H and O–H groups in total. The van der Waals surface area contributed by atoms with Gasteiger partial charge in [-0.2, -0.15) is 0 Å². The number of carbonyl (C=O) groups excluding carboxylic acids is 1. The average molecular weight is 303 g/mol. The van der Waals surface area contributed by atoms with Gasteiger partial charge in [-0.05, 0) is 17.7 Å². The molecule has 0 spiro atoms. The number of amides is 1. The number of likely N-dealkylation sites (N-methyl/N-ethyl adjacent to an activating group) is 1. The van der Waals surface area contributed by atoms with Crippen LogP contribution in [0.15, 0.2) is 42.7 Å². The summed E-state index contributed by atoms with van der Waals surface area (Å²) in [5.41, 5.74) is 0.676. The summed E-state index contributed by atoms with van der Waals surface area (Å²) in [6, 6.07) is 7.77. The molecule has 0 aliphatic carbocycles. The SMILES string of the molecule is COc1ccc(C(C(=O)N(C)C)n2ccc([N+](=O)[O-])c2)cc1. The van der Waals surface area contributed by atoms with Crippen molar-refractivity contribution in [2.75, 3.05) is 21.2 Å². The second-order valence-electron chi connectivity index (χ2n) is 4.98. The van der Waals surface area contributed by atoms with Crippen molar-refractivity contribution in [1.29, 1.82) is 0 Å². The molecule has 116 valence electrons. The van der Waals surface area contributed by atoms with Gasteiger partial charge in [-0.25, -0.2) is 0 Å². The van der Waals surface area contributed by atoms with E-state index in [0.29, 0.717) is 5.75 Å². The molecule has 0 saturated heterocycles. The summed E-state index contributed by atoms with van der Waals surface area (Å²) in [5, 5.41) is 10.8. The van der Waals surface area contributed by atoms with E-state index < -0.39 is 11.0 Å². The topological polar surface area (TPSA) is 77.6 Å². The van der Waals surface area contributed by atoms with Gasteiger partial charge in [0.2, 0.25) is 5.91 Å². The number of carbonyl (C=O) groups is 1. The van der Waals surface area contributed by atoms with Gasteiger partial charge in [0.25, 0.3) is 5.69 Å². The van der Waals surface area contributed by atoms with Gasteiger partial charge >= 0.3 is 0 Å². The van der Waals surface area contributed by atoms with Crippen molar-refractivity contribution < 1.29 is 14.5 Å². The molecule has 2 rings (SSSR count). The van der Waals surface area contributed by atoms with Crippen molar-refractivity contribution in [2.24, 2.45) is 0 Å². The second-order valence-corrected chi connectivity index (χ2v) is 4.98. The molecular formula is C15H17N3O4. The van der Waals surface area contributed by atoms with Crippen molar-refractivity contribution in [3.63, 3.8) is 0 Å². The molecule has 22 heavy (non-hydrogen) atoms. The number of rotatable bonds is 5. The van der Waals surface area contributed by atoms with Gasteiger partial charge in [0.1, 0.15) is 11.8 Å². The minimum Gasteiger partial charge on any atom is -0.497 e. The van der Waals surface area contributed by atoms with Crippen LogP contribution in [0.2, 0.25) is 0 Å². The van der Waals surface area contributed by atoms with Crippen LogP contribution in [0.25, 0.3) is 0 Å². The van der Waals surface area contributed by atoms with Crippen molar-refractivity contribution in [3.8, 4) is 5.75 Å². The van der Waals surface area contributed by atoms with Crippen molar-refractivity contribution in [3.05, 3.63) is 58.4 Å². The first-order valence-corrected chi connectivity index (χ1v) is 6.61. The molecule has 0 saturated carbocycles. The zero-order valence-corrected chi connectivity index (χ0v) is 12.6. The van der Waals surface area contributed by atoms with Gasteiger partial charge < -0.3 is 14.2 Å². The van der Waals surface area contributed by atoms with Crippen LogP contribution in [0.3, 0.4) is 0 Å². The maximum atomic E-state index is 12.5. The summed E-state index contributed by atoms with van der Waals surface area (Å²) in [4.78, 5) is 24.3. The van der Waals surface area contributed by atoms with Gasteiger partial charge in [-0.1, -0.05) is 12.1 Å². The Hall–Kier alpha value is -2.83. The first kappa shape index (κ1) is 15.6. The largest absolute Gasteiger partial charge is 0.497 e. The van der Waals surface area contributed by atoms with E-state index in [4.69, 9.17) is 4.74 Å². The lowest BCUT2D eigenvalue weighted by Gasteiger charge is -2.22. The molecule has 0 fully saturated rings. The van der Waals surface area contributed by atoms with Crippen LogP contribution in [0.4, 0.5) is 5.69 Å². The van der Waals surface area contributed by atoms with Crippen molar-refractivity contribution >= 4 is 11.6 Å². The Morgan fingerprint density at radius 2 is 1.91 bits per heavy atom. The standard InChI is InChI=1S/C15H17N3O4/c1-16(2)15(19)14(11-4-6-13(22-3)7-5-11)17-9-8-12(10-17)18(20)21/h4-10,14H,1-3H3. The van der Waals surface area contributed by atoms with Crippen LogP contribution in [0.5, 0.6) is 5.75 Å². The Kier molecular flexibility index (Phi) is 4.45. The molecule has 2 aromatic rings. The lowest BCUT2D eigenvalue weighted by atomic mass is 10.1. The van der Waals surface area contributed by atoms with Crippen molar-refractivity contribution in [2.45, 2.75) is 6.04 Å². The highest BCUT2D eigenvalue weighted by molar-refractivity contribution is 5.83. The molecule has 7 nitrogen and oxygen atoms in total. The van der Waals surface area contributed by atoms with Crippen LogP contribution in [-0.4, -0.2) is 41.5 Å². The number of benzene rings is 1. The second kappa shape index (κ2) is 6.30. The first-order valence-electron chi connectivity index (χ1n) is 6.61. The molecule has 1 amide bonds. The lowest BCUT2D eigenvalue weighted by molar-refractivity contribution is -0.384. The van der Waals surface area contributed by atoms with E-state index in [9.17, 15) is 14.9 Å². The normalized spacial score (nSPS) is 11.8. The molecule has 1 unspecified atom stereocenters. The molecule has 0 aliphatic heterocycles. The molecule has 0 aliphatic rings. The van der Waals surface area contributed by atoms with Crippen LogP contribution >= 0.6 is 0 Å². The molecule has 0 radical (unpaired) electrons. The molecular weight excluding hydrogens is 286 g/mol. The Labute approximate surface area is 127 Å². The summed E-state index contributed by atoms with van der Waals surface area (Å²) < 4.78 is 6.65. The van der Waals surface area contributed by atoms with Gasteiger partial charge in [0, 0.05) is 26.4 Å². The van der Waals surface area contributed by atoms with E-state index in [1.54, 1.807) is 50.0 Å². The lowest BCUT2D eigenvalue weighted by Crippen LogP contribution is -2.31. The van der Waals surface area contributed by atoms with E-state index in [0.717, 1.165) is 5.56 Å². The smallest absolute Gasteiger partial charge is 0.286 e. The number of hydrogen-bond acceptors (Lipinski definition) is 4. The van der Waals surface area contributed by atoms with Crippen LogP contribution in [-0.2, 0) is 4.79 Å². The van der Waals surface area contributed by atoms with Gasteiger partial charge in [0.05, 0.1) is 18.2 Å². The third-order valence-corrected chi connectivity index (χ3v) is 3.31. The van der Waals surface area contributed by atoms with Crippen LogP contribution in [0, 0.1) is 10.1 Å². The van der Waals surface area contributed by atoms with Crippen LogP contribution < -0.4 is 4.74 Å². The summed E-state index contributed by atoms with van der Waals surface area (Å²) in [6.45, 7) is 0. The van der Waals surface area contributed by atoms with Gasteiger partial charge in [-0.3, -0.25) is 14.9 Å². The highest BCUT2D eigenvalue weighted by Crippen LogP contribution is 2.25. The molecule has 1 aromatic heterocycles. The minimum absolute atomic E-state index is 0.0509. The fraction of sp³-hybridized carbons (Fsp3) is 0.267. The molecule has 0 bridgehead atoms. The number of nitrogens with zero attached hydrogens (tertiary/aromatic N) is 3. The minimum atomic E-state index is -0.658. The zero-order chi connectivity index (χ0) is 16.3. The maximum absolute atomic E-state index is 12.5. The summed E-state index contributed by atoms with van der Waals surface area (Å²) in [7, 11) is 4.86. The predicted molar refractivity (Wildman–Crippen MR) is 80.9 cm³/mol. The van der Waals surface area contributed by atoms with Gasteiger partial charge in [0.15, 0.2) is 0 Å². The Morgan fingerprint density at radius 3 is 2.36 bits per heavy atom. The number of methoxy groups -OCH3 is 1. The highest BCUT2D eigenvalue weighted by atomic mass is 16.6. The third-order valence-electron chi connectivity index (χ3n) is 3.31. The summed E-state index contributed by atoms with van der Waals surface area (Å²) >= 11 is 0. The monoisotopic (exact) mass is 303 g/mol. The third kappa shape index (κ3) is 3.08. The predicted octanol–water partition coefficient (Wildman–Crippen LogP) is 2.08. The van der Waals surface area contributed by atoms with E-state index in [1.807, 2.05) is 0 Å². The van der Waals surface area contributed by atoms with Crippen molar-refractivity contribution in [1.82, 2.24) is 9.47 Å². The Balaban J connectivity index is 2.45.